The van der Waals surface area contributed by atoms with E-state index in [9.17, 15) is 9.90 Å². The third-order valence-electron chi connectivity index (χ3n) is 5.82. The van der Waals surface area contributed by atoms with Crippen LogP contribution in [0.5, 0.6) is 5.75 Å². The molecule has 2 aromatic heterocycles. The fraction of sp³-hybridized carbons (Fsp3) is 0.409. The molecule has 0 atom stereocenters. The largest absolute Gasteiger partial charge is 0.492 e. The van der Waals surface area contributed by atoms with E-state index in [-0.39, 0.29) is 11.1 Å². The Labute approximate surface area is 168 Å². The summed E-state index contributed by atoms with van der Waals surface area (Å²) in [6.45, 7) is 3.86. The molecule has 1 aliphatic carbocycles. The minimum Gasteiger partial charge on any atom is -0.492 e. The Morgan fingerprint density at radius 2 is 2.07 bits per heavy atom. The molecule has 1 aromatic carbocycles. The summed E-state index contributed by atoms with van der Waals surface area (Å²) in [7, 11) is 0. The normalized spacial score (nSPS) is 18.2. The van der Waals surface area contributed by atoms with Gasteiger partial charge in [-0.3, -0.25) is 0 Å². The Hall–Kier alpha value is -2.93. The lowest BCUT2D eigenvalue weighted by molar-refractivity contribution is -0.120. The second-order valence-corrected chi connectivity index (χ2v) is 8.36. The Kier molecular flexibility index (Phi) is 4.28. The van der Waals surface area contributed by atoms with Gasteiger partial charge < -0.3 is 14.6 Å². The van der Waals surface area contributed by atoms with Gasteiger partial charge in [-0.1, -0.05) is 31.5 Å². The number of hydrogen-bond donors (Lipinski definition) is 1. The first-order valence-electron chi connectivity index (χ1n) is 9.97. The number of aromatic carboxylic acids is 1. The number of carboxylic acid groups (broad SMARTS) is 1. The molecule has 2 aliphatic rings. The summed E-state index contributed by atoms with van der Waals surface area (Å²) in [5, 5.41) is 15.3. The maximum Gasteiger partial charge on any atom is 0.354 e. The molecule has 150 valence electrons. The molecule has 29 heavy (non-hydrogen) atoms. The molecule has 1 saturated carbocycles. The lowest BCUT2D eigenvalue weighted by Crippen LogP contribution is -2.44. The van der Waals surface area contributed by atoms with Crippen LogP contribution in [0.2, 0.25) is 0 Å². The van der Waals surface area contributed by atoms with Gasteiger partial charge in [0.05, 0.1) is 36.6 Å². The monoisotopic (exact) mass is 393 g/mol. The summed E-state index contributed by atoms with van der Waals surface area (Å²) in [5.74, 6) is -0.185. The van der Waals surface area contributed by atoms with Gasteiger partial charge in [0.1, 0.15) is 5.75 Å². The molecule has 1 saturated heterocycles. The van der Waals surface area contributed by atoms with Crippen molar-refractivity contribution in [2.24, 2.45) is 5.41 Å². The minimum atomic E-state index is -1.08. The minimum absolute atomic E-state index is 0.0419. The predicted octanol–water partition coefficient (Wildman–Crippen LogP) is 3.80. The highest BCUT2D eigenvalue weighted by Gasteiger charge is 2.35. The average Bonchev–Trinajstić information content (AvgIpc) is 3.03. The number of benzene rings is 1. The van der Waals surface area contributed by atoms with E-state index >= 15 is 0 Å². The fourth-order valence-corrected chi connectivity index (χ4v) is 3.83. The van der Waals surface area contributed by atoms with Crippen LogP contribution in [0, 0.1) is 5.41 Å². The molecule has 1 aliphatic heterocycles. The molecule has 3 aromatic rings. The molecule has 3 heterocycles. The van der Waals surface area contributed by atoms with Crippen LogP contribution in [0.25, 0.3) is 16.7 Å². The molecule has 0 spiro atoms. The number of ether oxygens (including phenoxy) is 2. The van der Waals surface area contributed by atoms with Crippen molar-refractivity contribution in [3.8, 4) is 11.4 Å². The third kappa shape index (κ3) is 3.15. The van der Waals surface area contributed by atoms with E-state index in [1.165, 1.54) is 12.5 Å². The molecule has 0 radical (unpaired) electrons. The summed E-state index contributed by atoms with van der Waals surface area (Å²) in [6.07, 6.45) is 3.33. The van der Waals surface area contributed by atoms with E-state index in [4.69, 9.17) is 14.6 Å². The average molecular weight is 393 g/mol. The van der Waals surface area contributed by atoms with Crippen molar-refractivity contribution in [1.29, 1.82) is 0 Å². The lowest BCUT2D eigenvalue weighted by atomic mass is 9.82. The van der Waals surface area contributed by atoms with Crippen LogP contribution < -0.4 is 4.74 Å². The quantitative estimate of drug-likeness (QED) is 0.685. The number of fused-ring (bicyclic) bond motifs is 1. The van der Waals surface area contributed by atoms with Crippen LogP contribution in [0.3, 0.4) is 0 Å². The summed E-state index contributed by atoms with van der Waals surface area (Å²) in [5.41, 5.74) is 2.24. The van der Waals surface area contributed by atoms with Crippen molar-refractivity contribution in [2.45, 2.75) is 32.1 Å². The van der Waals surface area contributed by atoms with E-state index in [0.29, 0.717) is 37.1 Å². The van der Waals surface area contributed by atoms with E-state index in [1.54, 1.807) is 4.68 Å². The number of para-hydroxylation sites is 1. The highest BCUT2D eigenvalue weighted by molar-refractivity contribution is 5.94. The maximum absolute atomic E-state index is 11.8. The first-order valence-corrected chi connectivity index (χ1v) is 9.97. The molecule has 7 heteroatoms. The van der Waals surface area contributed by atoms with Crippen LogP contribution in [0.15, 0.2) is 36.4 Å². The van der Waals surface area contributed by atoms with Crippen molar-refractivity contribution in [3.05, 3.63) is 47.8 Å². The van der Waals surface area contributed by atoms with Crippen molar-refractivity contribution in [1.82, 2.24) is 14.8 Å². The summed E-state index contributed by atoms with van der Waals surface area (Å²) in [4.78, 5) is 16.2. The lowest BCUT2D eigenvalue weighted by Gasteiger charge is -2.37. The number of pyridine rings is 1. The molecular formula is C22H23N3O4. The Morgan fingerprint density at radius 1 is 1.31 bits per heavy atom. The molecule has 0 bridgehead atoms. The standard InChI is InChI=1S/C22H23N3O4/c1-22(11-28-12-22)13-29-17-10-16(21(26)27)23-20-18(17)19(14-6-5-7-14)24-25(20)15-8-3-2-4-9-15/h2-4,8-10,14H,5-7,11-13H2,1H3,(H,26,27). The number of carbonyl (C=O) groups is 1. The SMILES string of the molecule is CC1(COc2cc(C(=O)O)nc3c2c(C2CCC2)nn3-c2ccccc2)COC1. The van der Waals surface area contributed by atoms with Crippen LogP contribution in [0.4, 0.5) is 0 Å². The topological polar surface area (TPSA) is 86.5 Å². The van der Waals surface area contributed by atoms with Crippen LogP contribution in [-0.2, 0) is 4.74 Å². The van der Waals surface area contributed by atoms with Crippen molar-refractivity contribution in [3.63, 3.8) is 0 Å². The van der Waals surface area contributed by atoms with Gasteiger partial charge in [-0.05, 0) is 25.0 Å². The molecule has 7 nitrogen and oxygen atoms in total. The highest BCUT2D eigenvalue weighted by atomic mass is 16.5. The second kappa shape index (κ2) is 6.84. The van der Waals surface area contributed by atoms with Crippen LogP contribution in [0.1, 0.15) is 48.3 Å². The molecule has 2 fully saturated rings. The van der Waals surface area contributed by atoms with Gasteiger partial charge >= 0.3 is 5.97 Å². The van der Waals surface area contributed by atoms with Gasteiger partial charge in [0.25, 0.3) is 0 Å². The van der Waals surface area contributed by atoms with Gasteiger partial charge in [0.2, 0.25) is 0 Å². The zero-order valence-electron chi connectivity index (χ0n) is 16.3. The molecule has 1 N–H and O–H groups in total. The summed E-state index contributed by atoms with van der Waals surface area (Å²) in [6, 6.07) is 11.2. The van der Waals surface area contributed by atoms with Crippen LogP contribution >= 0.6 is 0 Å². The molecule has 5 rings (SSSR count). The van der Waals surface area contributed by atoms with Crippen molar-refractivity contribution >= 4 is 17.0 Å². The highest BCUT2D eigenvalue weighted by Crippen LogP contribution is 2.43. The number of carboxylic acids is 1. The van der Waals surface area contributed by atoms with Gasteiger partial charge in [-0.15, -0.1) is 0 Å². The summed E-state index contributed by atoms with van der Waals surface area (Å²) < 4.78 is 13.3. The van der Waals surface area contributed by atoms with E-state index in [0.717, 1.165) is 29.6 Å². The predicted molar refractivity (Wildman–Crippen MR) is 107 cm³/mol. The Bertz CT molecular complexity index is 1070. The van der Waals surface area contributed by atoms with E-state index < -0.39 is 5.97 Å². The van der Waals surface area contributed by atoms with Gasteiger partial charge in [-0.25, -0.2) is 14.5 Å². The first-order chi connectivity index (χ1) is 14.0. The number of hydrogen-bond acceptors (Lipinski definition) is 5. The maximum atomic E-state index is 11.8. The Balaban J connectivity index is 1.69. The van der Waals surface area contributed by atoms with Crippen LogP contribution in [-0.4, -0.2) is 45.7 Å². The third-order valence-corrected chi connectivity index (χ3v) is 5.82. The number of aromatic nitrogens is 3. The zero-order chi connectivity index (χ0) is 20.0. The summed E-state index contributed by atoms with van der Waals surface area (Å²) >= 11 is 0. The fourth-order valence-electron chi connectivity index (χ4n) is 3.83. The first kappa shape index (κ1) is 18.1. The zero-order valence-corrected chi connectivity index (χ0v) is 16.3. The van der Waals surface area contributed by atoms with Gasteiger partial charge in [0, 0.05) is 17.4 Å². The molecule has 0 unspecified atom stereocenters. The van der Waals surface area contributed by atoms with Crippen molar-refractivity contribution < 1.29 is 19.4 Å². The van der Waals surface area contributed by atoms with Gasteiger partial charge in [-0.2, -0.15) is 5.10 Å². The molecular weight excluding hydrogens is 370 g/mol. The van der Waals surface area contributed by atoms with E-state index in [2.05, 4.69) is 11.9 Å². The second-order valence-electron chi connectivity index (χ2n) is 8.36. The number of rotatable bonds is 6. The van der Waals surface area contributed by atoms with Gasteiger partial charge in [0.15, 0.2) is 11.3 Å². The molecule has 0 amide bonds. The van der Waals surface area contributed by atoms with Crippen molar-refractivity contribution in [2.75, 3.05) is 19.8 Å². The van der Waals surface area contributed by atoms with E-state index in [1.807, 2.05) is 30.3 Å². The smallest absolute Gasteiger partial charge is 0.354 e. The Morgan fingerprint density at radius 3 is 2.66 bits per heavy atom. The number of nitrogens with zero attached hydrogens (tertiary/aromatic N) is 3.